The lowest BCUT2D eigenvalue weighted by Gasteiger charge is -2.34. The summed E-state index contributed by atoms with van der Waals surface area (Å²) in [7, 11) is 0. The predicted octanol–water partition coefficient (Wildman–Crippen LogP) is 0.283. The molecule has 6 heterocycles. The molecule has 21 heteroatoms. The Hall–Kier alpha value is -6.03. The van der Waals surface area contributed by atoms with Crippen LogP contribution in [0, 0.1) is 0 Å². The fraction of sp³-hybridized carbons (Fsp3) is 0.513. The quantitative estimate of drug-likeness (QED) is 0.0660. The lowest BCUT2D eigenvalue weighted by Crippen LogP contribution is -2.48. The summed E-state index contributed by atoms with van der Waals surface area (Å²) in [6.07, 6.45) is 6.56. The van der Waals surface area contributed by atoms with Crippen LogP contribution in [0.1, 0.15) is 36.0 Å². The zero-order chi connectivity index (χ0) is 41.7. The van der Waals surface area contributed by atoms with Gasteiger partial charge in [0.1, 0.15) is 23.4 Å². The summed E-state index contributed by atoms with van der Waals surface area (Å²) in [5, 5.41) is 14.4. The number of benzene rings is 1. The molecular formula is C39H53N15O6. The number of aromatic nitrogens is 7. The van der Waals surface area contributed by atoms with Crippen LogP contribution in [-0.4, -0.2) is 161 Å². The molecule has 2 aliphatic heterocycles. The molecule has 0 spiro atoms. The molecule has 21 nitrogen and oxygen atoms in total. The van der Waals surface area contributed by atoms with Crippen molar-refractivity contribution in [3.63, 3.8) is 0 Å². The molecule has 0 saturated carbocycles. The first-order valence-electron chi connectivity index (χ1n) is 20.4. The van der Waals surface area contributed by atoms with E-state index in [9.17, 15) is 14.4 Å². The highest BCUT2D eigenvalue weighted by atomic mass is 16.5. The van der Waals surface area contributed by atoms with Gasteiger partial charge in [-0.3, -0.25) is 19.3 Å². The van der Waals surface area contributed by atoms with Gasteiger partial charge in [0.05, 0.1) is 43.8 Å². The Morgan fingerprint density at radius 1 is 0.833 bits per heavy atom. The Morgan fingerprint density at radius 2 is 1.62 bits per heavy atom. The van der Waals surface area contributed by atoms with Crippen LogP contribution >= 0.6 is 0 Å². The third-order valence-electron chi connectivity index (χ3n) is 10.4. The molecule has 2 saturated heterocycles. The monoisotopic (exact) mass is 827 g/mol. The van der Waals surface area contributed by atoms with E-state index in [1.54, 1.807) is 10.7 Å². The molecule has 7 N–H and O–H groups in total. The largest absolute Gasteiger partial charge is 0.424 e. The molecule has 60 heavy (non-hydrogen) atoms. The van der Waals surface area contributed by atoms with E-state index in [2.05, 4.69) is 50.7 Å². The van der Waals surface area contributed by atoms with Gasteiger partial charge in [0.2, 0.25) is 17.8 Å². The summed E-state index contributed by atoms with van der Waals surface area (Å²) in [5.74, 6) is 0.657. The molecule has 0 aliphatic carbocycles. The van der Waals surface area contributed by atoms with Gasteiger partial charge in [-0.05, 0) is 31.0 Å². The number of nitrogens with two attached hydrogens (primary N) is 2. The smallest absolute Gasteiger partial charge is 0.292 e. The zero-order valence-electron chi connectivity index (χ0n) is 33.7. The SMILES string of the molecule is Nc1nc2cc(-c3nn(CCCCNC(=O)CCOCCNC(=O)c4cnc(N5CCN(CCOCCC(=O)N6CCNCC6)CC5)nc4)c4ncnc(N)c34)ccc2o1. The minimum Gasteiger partial charge on any atom is -0.424 e. The van der Waals surface area contributed by atoms with Gasteiger partial charge in [-0.15, -0.1) is 0 Å². The molecule has 7 rings (SSSR count). The van der Waals surface area contributed by atoms with Crippen LogP contribution in [0.25, 0.3) is 33.4 Å². The number of ether oxygens (including phenoxy) is 2. The molecule has 3 amide bonds. The number of aryl methyl sites for hydroxylation is 1. The van der Waals surface area contributed by atoms with Gasteiger partial charge in [-0.1, -0.05) is 0 Å². The number of unbranched alkanes of at least 4 members (excludes halogenated alkanes) is 1. The molecule has 2 aliphatic rings. The first-order chi connectivity index (χ1) is 29.3. The average Bonchev–Trinajstić information content (AvgIpc) is 3.84. The molecule has 0 unspecified atom stereocenters. The molecule has 4 aromatic heterocycles. The summed E-state index contributed by atoms with van der Waals surface area (Å²) in [5.41, 5.74) is 15.5. The summed E-state index contributed by atoms with van der Waals surface area (Å²) in [4.78, 5) is 65.3. The van der Waals surface area contributed by atoms with E-state index in [4.69, 9.17) is 30.5 Å². The van der Waals surface area contributed by atoms with Crippen molar-refractivity contribution >= 4 is 57.6 Å². The van der Waals surface area contributed by atoms with Gasteiger partial charge < -0.3 is 51.1 Å². The molecule has 5 aromatic rings. The maximum atomic E-state index is 12.6. The summed E-state index contributed by atoms with van der Waals surface area (Å²) < 4.78 is 18.5. The maximum absolute atomic E-state index is 12.6. The average molecular weight is 828 g/mol. The number of carbonyl (C=O) groups is 3. The second-order valence-electron chi connectivity index (χ2n) is 14.5. The fourth-order valence-corrected chi connectivity index (χ4v) is 7.09. The third-order valence-corrected chi connectivity index (χ3v) is 10.4. The van der Waals surface area contributed by atoms with Crippen molar-refractivity contribution in [2.45, 2.75) is 32.2 Å². The number of carbonyl (C=O) groups excluding carboxylic acids is 3. The van der Waals surface area contributed by atoms with Crippen molar-refractivity contribution < 1.29 is 28.3 Å². The van der Waals surface area contributed by atoms with Crippen LogP contribution in [0.2, 0.25) is 0 Å². The van der Waals surface area contributed by atoms with Gasteiger partial charge in [-0.25, -0.2) is 24.6 Å². The molecule has 0 bridgehead atoms. The topological polar surface area (TPSA) is 263 Å². The van der Waals surface area contributed by atoms with Crippen LogP contribution in [0.4, 0.5) is 17.8 Å². The standard InChI is InChI=1S/C39H53N15O6/c40-35-33-34(27-3-4-30-29(23-27)49-38(41)60-30)50-54(36(33)48-26-47-35)11-2-1-7-43-31(55)5-19-58-21-10-44-37(57)28-24-45-39(46-25-28)53-16-14-51(15-17-53)18-22-59-20-6-32(56)52-12-8-42-9-13-52/h3-4,23-26,42H,1-2,5-22H2,(H2,41,49)(H,43,55)(H,44,57)(H2,40,47,48). The van der Waals surface area contributed by atoms with Crippen molar-refractivity contribution in [1.29, 1.82) is 0 Å². The Kier molecular flexibility index (Phi) is 14.6. The number of hydrogen-bond donors (Lipinski definition) is 5. The Labute approximate surface area is 346 Å². The highest BCUT2D eigenvalue weighted by molar-refractivity contribution is 5.99. The Bertz CT molecular complexity index is 2200. The van der Waals surface area contributed by atoms with E-state index < -0.39 is 0 Å². The highest BCUT2D eigenvalue weighted by Gasteiger charge is 2.21. The normalized spacial score (nSPS) is 14.9. The molecule has 320 valence electrons. The van der Waals surface area contributed by atoms with E-state index in [1.165, 1.54) is 18.7 Å². The lowest BCUT2D eigenvalue weighted by molar-refractivity contribution is -0.133. The first kappa shape index (κ1) is 42.1. The zero-order valence-corrected chi connectivity index (χ0v) is 33.7. The first-order valence-corrected chi connectivity index (χ1v) is 20.4. The van der Waals surface area contributed by atoms with Crippen LogP contribution in [0.15, 0.2) is 41.3 Å². The molecule has 0 atom stereocenters. The minimum atomic E-state index is -0.295. The van der Waals surface area contributed by atoms with Crippen molar-refractivity contribution in [3.8, 4) is 11.3 Å². The lowest BCUT2D eigenvalue weighted by atomic mass is 10.1. The maximum Gasteiger partial charge on any atom is 0.292 e. The van der Waals surface area contributed by atoms with E-state index >= 15 is 0 Å². The number of anilines is 3. The van der Waals surface area contributed by atoms with Gasteiger partial charge in [0.15, 0.2) is 11.2 Å². The summed E-state index contributed by atoms with van der Waals surface area (Å²) in [6.45, 7) is 10.1. The van der Waals surface area contributed by atoms with E-state index in [0.29, 0.717) is 77.9 Å². The number of hydrogen-bond acceptors (Lipinski definition) is 17. The Balaban J connectivity index is 0.721. The number of fused-ring (bicyclic) bond motifs is 2. The van der Waals surface area contributed by atoms with Gasteiger partial charge in [-0.2, -0.15) is 10.1 Å². The molecule has 1 aromatic carbocycles. The molecule has 0 radical (unpaired) electrons. The van der Waals surface area contributed by atoms with Crippen molar-refractivity contribution in [2.24, 2.45) is 0 Å². The second-order valence-corrected chi connectivity index (χ2v) is 14.5. The highest BCUT2D eigenvalue weighted by Crippen LogP contribution is 2.32. The Morgan fingerprint density at radius 3 is 2.43 bits per heavy atom. The van der Waals surface area contributed by atoms with Gasteiger partial charge >= 0.3 is 0 Å². The van der Waals surface area contributed by atoms with Crippen molar-refractivity contribution in [1.82, 2.24) is 60.5 Å². The number of nitrogen functional groups attached to an aromatic ring is 2. The van der Waals surface area contributed by atoms with E-state index in [0.717, 1.165) is 77.3 Å². The number of rotatable bonds is 20. The fourth-order valence-electron chi connectivity index (χ4n) is 7.09. The number of nitrogens with zero attached hydrogens (tertiary/aromatic N) is 10. The third kappa shape index (κ3) is 11.2. The minimum absolute atomic E-state index is 0.0883. The van der Waals surface area contributed by atoms with Crippen LogP contribution < -0.4 is 32.3 Å². The van der Waals surface area contributed by atoms with Crippen molar-refractivity contribution in [2.75, 3.05) is 115 Å². The van der Waals surface area contributed by atoms with Gasteiger partial charge in [0.25, 0.3) is 11.9 Å². The molecular weight excluding hydrogens is 775 g/mol. The van der Waals surface area contributed by atoms with E-state index in [1.807, 2.05) is 17.0 Å². The number of piperazine rings is 2. The predicted molar refractivity (Wildman–Crippen MR) is 223 cm³/mol. The number of oxazole rings is 1. The number of amides is 3. The van der Waals surface area contributed by atoms with E-state index in [-0.39, 0.29) is 49.9 Å². The van der Waals surface area contributed by atoms with Gasteiger partial charge in [0, 0.05) is 103 Å². The summed E-state index contributed by atoms with van der Waals surface area (Å²) >= 11 is 0. The number of nitrogens with one attached hydrogen (secondary N) is 3. The van der Waals surface area contributed by atoms with Crippen LogP contribution in [0.3, 0.4) is 0 Å². The van der Waals surface area contributed by atoms with Crippen LogP contribution in [0.5, 0.6) is 0 Å². The van der Waals surface area contributed by atoms with Crippen LogP contribution in [-0.2, 0) is 25.6 Å². The van der Waals surface area contributed by atoms with Crippen molar-refractivity contribution in [3.05, 3.63) is 42.5 Å². The second kappa shape index (κ2) is 20.8. The summed E-state index contributed by atoms with van der Waals surface area (Å²) in [6, 6.07) is 5.58. The molecule has 2 fully saturated rings.